The van der Waals surface area contributed by atoms with Gasteiger partial charge < -0.3 is 4.55 Å². The summed E-state index contributed by atoms with van der Waals surface area (Å²) in [6.45, 7) is 0. The third-order valence-corrected chi connectivity index (χ3v) is 0. The van der Waals surface area contributed by atoms with Crippen LogP contribution in [-0.2, 0) is 20.8 Å². The first-order chi connectivity index (χ1) is 1.73. The average Bonchev–Trinajstić information content (AvgIpc) is 0.811. The summed E-state index contributed by atoms with van der Waals surface area (Å²) in [6, 6.07) is 0. The molecule has 0 rings (SSSR count). The number of hydrogen-bond acceptors (Lipinski definition) is 2. The minimum Gasteiger partial charge on any atom is -0.308 e. The molecule has 0 aliphatic carbocycles. The SMILES string of the molecule is O=[SH](O)=S.[AlH3]. The van der Waals surface area contributed by atoms with Gasteiger partial charge in [0.2, 0.25) is 0 Å². The molecule has 0 spiro atoms. The van der Waals surface area contributed by atoms with Gasteiger partial charge in [0, 0.05) is 11.2 Å². The Bertz CT molecular complexity index is 56.0. The standard InChI is InChI=1S/Al.H2O2S2.3H/c;1-4(2)3;;;/h;4H,(H,1,2,3);;;. The summed E-state index contributed by atoms with van der Waals surface area (Å²) in [6.07, 6.45) is 0. The smallest absolute Gasteiger partial charge is 0.187 e. The van der Waals surface area contributed by atoms with Crippen molar-refractivity contribution in [3.63, 3.8) is 0 Å². The fourth-order valence-electron chi connectivity index (χ4n) is 0. The molecule has 1 atom stereocenters. The van der Waals surface area contributed by atoms with E-state index in [1.165, 1.54) is 0 Å². The van der Waals surface area contributed by atoms with Crippen molar-refractivity contribution in [1.82, 2.24) is 0 Å². The van der Waals surface area contributed by atoms with Crippen molar-refractivity contribution in [3.8, 4) is 0 Å². The Hall–Kier alpha value is 0.862. The Morgan fingerprint density at radius 2 is 1.80 bits per heavy atom. The van der Waals surface area contributed by atoms with Crippen LogP contribution in [0.15, 0.2) is 0 Å². The zero-order chi connectivity index (χ0) is 3.58. The molecule has 0 fully saturated rings. The lowest BCUT2D eigenvalue weighted by Gasteiger charge is -1.47. The third-order valence-electron chi connectivity index (χ3n) is 0. The van der Waals surface area contributed by atoms with Gasteiger partial charge in [0.25, 0.3) is 0 Å². The monoisotopic (exact) mass is 128 g/mol. The minimum atomic E-state index is -2.29. The summed E-state index contributed by atoms with van der Waals surface area (Å²) in [5.74, 6) is 0. The Morgan fingerprint density at radius 1 is 1.80 bits per heavy atom. The van der Waals surface area contributed by atoms with Gasteiger partial charge in [-0.05, 0) is 0 Å². The van der Waals surface area contributed by atoms with Crippen molar-refractivity contribution >= 4 is 38.2 Å². The van der Waals surface area contributed by atoms with Crippen molar-refractivity contribution in [2.45, 2.75) is 0 Å². The lowest BCUT2D eigenvalue weighted by atomic mass is 15.9. The quantitative estimate of drug-likeness (QED) is 0.299. The van der Waals surface area contributed by atoms with Crippen molar-refractivity contribution in [2.75, 3.05) is 0 Å². The highest BCUT2D eigenvalue weighted by Gasteiger charge is 1.39. The molecule has 0 heterocycles. The molecule has 0 aromatic heterocycles. The summed E-state index contributed by atoms with van der Waals surface area (Å²) in [5.41, 5.74) is 0. The molecule has 5 heavy (non-hydrogen) atoms. The van der Waals surface area contributed by atoms with Crippen molar-refractivity contribution in [2.24, 2.45) is 0 Å². The van der Waals surface area contributed by atoms with E-state index in [9.17, 15) is 0 Å². The molecule has 1 N–H and O–H groups in total. The number of rotatable bonds is 0. The third kappa shape index (κ3) is 53.6. The van der Waals surface area contributed by atoms with Gasteiger partial charge in [0.05, 0.1) is 0 Å². The summed E-state index contributed by atoms with van der Waals surface area (Å²) in [4.78, 5) is 0. The number of hydrogen-bond donors (Lipinski definition) is 2. The van der Waals surface area contributed by atoms with Crippen LogP contribution in [-0.4, -0.2) is 26.1 Å². The molecular weight excluding hydrogens is 123 g/mol. The molecular formula is H5AlO2S2. The van der Waals surface area contributed by atoms with Gasteiger partial charge in [-0.3, -0.25) is 0 Å². The molecule has 1 unspecified atom stereocenters. The maximum absolute atomic E-state index is 8.96. The van der Waals surface area contributed by atoms with Gasteiger partial charge in [-0.25, -0.2) is 4.21 Å². The van der Waals surface area contributed by atoms with E-state index in [2.05, 4.69) is 11.2 Å². The van der Waals surface area contributed by atoms with Crippen LogP contribution in [0.2, 0.25) is 0 Å². The van der Waals surface area contributed by atoms with E-state index in [-0.39, 0.29) is 17.4 Å². The molecule has 0 aromatic rings. The molecule has 0 aliphatic rings. The van der Waals surface area contributed by atoms with E-state index in [1.54, 1.807) is 0 Å². The van der Waals surface area contributed by atoms with Crippen LogP contribution < -0.4 is 0 Å². The fraction of sp³-hybridized carbons (Fsp3) is 0. The van der Waals surface area contributed by atoms with Crippen LogP contribution in [0.4, 0.5) is 0 Å². The van der Waals surface area contributed by atoms with E-state index in [4.69, 9.17) is 8.76 Å². The van der Waals surface area contributed by atoms with Crippen molar-refractivity contribution < 1.29 is 8.76 Å². The maximum Gasteiger partial charge on any atom is 0.187 e. The zero-order valence-corrected chi connectivity index (χ0v) is 3.42. The average molecular weight is 128 g/mol. The highest BCUT2D eigenvalue weighted by molar-refractivity contribution is 8.18. The molecule has 2 nitrogen and oxygen atoms in total. The second kappa shape index (κ2) is 4.86. The van der Waals surface area contributed by atoms with Crippen LogP contribution in [0.3, 0.4) is 0 Å². The first-order valence-electron chi connectivity index (χ1n) is 0.565. The molecule has 0 aliphatic heterocycles. The predicted molar refractivity (Wildman–Crippen MR) is 29.5 cm³/mol. The van der Waals surface area contributed by atoms with Crippen LogP contribution in [0.5, 0.6) is 0 Å². The molecule has 0 amide bonds. The summed E-state index contributed by atoms with van der Waals surface area (Å²) < 4.78 is 16.3. The molecule has 32 valence electrons. The molecule has 0 bridgehead atoms. The summed E-state index contributed by atoms with van der Waals surface area (Å²) in [5, 5.41) is 0. The van der Waals surface area contributed by atoms with Gasteiger partial charge >= 0.3 is 0 Å². The van der Waals surface area contributed by atoms with Gasteiger partial charge in [-0.1, -0.05) is 0 Å². The second-order valence-electron chi connectivity index (χ2n) is 0.238. The molecule has 0 saturated carbocycles. The van der Waals surface area contributed by atoms with Gasteiger partial charge in [0.15, 0.2) is 17.4 Å². The lowest BCUT2D eigenvalue weighted by molar-refractivity contribution is 0.583. The van der Waals surface area contributed by atoms with E-state index >= 15 is 0 Å². The first-order valence-corrected chi connectivity index (χ1v) is 2.79. The maximum atomic E-state index is 8.96. The molecule has 0 aromatic carbocycles. The molecule has 5 heteroatoms. The van der Waals surface area contributed by atoms with E-state index in [0.717, 1.165) is 0 Å². The zero-order valence-electron chi connectivity index (χ0n) is 1.71. The Morgan fingerprint density at radius 3 is 1.80 bits per heavy atom. The topological polar surface area (TPSA) is 37.3 Å². The lowest BCUT2D eigenvalue weighted by Crippen LogP contribution is -1.54. The van der Waals surface area contributed by atoms with Gasteiger partial charge in [0.1, 0.15) is 9.64 Å². The van der Waals surface area contributed by atoms with Crippen molar-refractivity contribution in [1.29, 1.82) is 0 Å². The predicted octanol–water partition coefficient (Wildman–Crippen LogP) is -1.78. The fourth-order valence-corrected chi connectivity index (χ4v) is 0. The second-order valence-corrected chi connectivity index (χ2v) is 1.65. The van der Waals surface area contributed by atoms with E-state index < -0.39 is 9.64 Å². The first kappa shape index (κ1) is 9.29. The van der Waals surface area contributed by atoms with Crippen LogP contribution >= 0.6 is 0 Å². The van der Waals surface area contributed by atoms with E-state index in [0.29, 0.717) is 0 Å². The minimum absolute atomic E-state index is 0. The number of thiol groups is 1. The largest absolute Gasteiger partial charge is 0.308 e. The van der Waals surface area contributed by atoms with Crippen LogP contribution in [0.25, 0.3) is 0 Å². The van der Waals surface area contributed by atoms with Gasteiger partial charge in [-0.15, -0.1) is 0 Å². The molecule has 0 radical (unpaired) electrons. The van der Waals surface area contributed by atoms with Crippen LogP contribution in [0.1, 0.15) is 0 Å². The highest BCUT2D eigenvalue weighted by Crippen LogP contribution is 1.31. The Balaban J connectivity index is 0. The van der Waals surface area contributed by atoms with Gasteiger partial charge in [-0.2, -0.15) is 0 Å². The normalized spacial score (nSPS) is 12.2. The molecule has 0 saturated heterocycles. The highest BCUT2D eigenvalue weighted by atomic mass is 32.8. The van der Waals surface area contributed by atoms with Crippen LogP contribution in [0, 0.1) is 0 Å². The Kier molecular flexibility index (Phi) is 9.04. The van der Waals surface area contributed by atoms with Crippen molar-refractivity contribution in [3.05, 3.63) is 0 Å². The summed E-state index contributed by atoms with van der Waals surface area (Å²) >= 11 is 3.69. The Labute approximate surface area is 47.2 Å². The summed E-state index contributed by atoms with van der Waals surface area (Å²) in [7, 11) is -2.29. The van der Waals surface area contributed by atoms with E-state index in [1.807, 2.05) is 0 Å².